The predicted octanol–water partition coefficient (Wildman–Crippen LogP) is 2.83. The minimum atomic E-state index is 0.374. The standard InChI is InChI=1S/C11H16N4S/c1-5-16-11-9-10(13-8(4)14-11)15(6-12-9)7(2)3/h6-7H,5H2,1-4H3. The van der Waals surface area contributed by atoms with Crippen LogP contribution in [0.25, 0.3) is 11.2 Å². The van der Waals surface area contributed by atoms with Gasteiger partial charge in [0.25, 0.3) is 0 Å². The van der Waals surface area contributed by atoms with Gasteiger partial charge in [0.15, 0.2) is 5.65 Å². The van der Waals surface area contributed by atoms with Gasteiger partial charge in [0.2, 0.25) is 0 Å². The first-order chi connectivity index (χ1) is 7.63. The van der Waals surface area contributed by atoms with Gasteiger partial charge >= 0.3 is 0 Å². The lowest BCUT2D eigenvalue weighted by Crippen LogP contribution is -2.01. The Kier molecular flexibility index (Phi) is 3.14. The molecule has 0 aliphatic carbocycles. The van der Waals surface area contributed by atoms with E-state index in [0.717, 1.165) is 27.8 Å². The Morgan fingerprint density at radius 2 is 2.12 bits per heavy atom. The van der Waals surface area contributed by atoms with Crippen LogP contribution in [0.2, 0.25) is 0 Å². The molecule has 0 aliphatic rings. The van der Waals surface area contributed by atoms with Crippen LogP contribution in [0.5, 0.6) is 0 Å². The zero-order valence-corrected chi connectivity index (χ0v) is 10.9. The van der Waals surface area contributed by atoms with E-state index in [-0.39, 0.29) is 0 Å². The first kappa shape index (κ1) is 11.4. The Morgan fingerprint density at radius 1 is 1.38 bits per heavy atom. The molecule has 86 valence electrons. The van der Waals surface area contributed by atoms with Crippen LogP contribution in [-0.2, 0) is 0 Å². The molecule has 0 aliphatic heterocycles. The summed E-state index contributed by atoms with van der Waals surface area (Å²) in [6.45, 7) is 8.31. The van der Waals surface area contributed by atoms with E-state index in [2.05, 4.69) is 40.3 Å². The SMILES string of the molecule is CCSc1nc(C)nc2c1ncn2C(C)C. The second-order valence-electron chi connectivity index (χ2n) is 3.93. The van der Waals surface area contributed by atoms with E-state index in [1.54, 1.807) is 11.8 Å². The molecule has 2 rings (SSSR count). The number of nitrogens with zero attached hydrogens (tertiary/aromatic N) is 4. The van der Waals surface area contributed by atoms with Gasteiger partial charge in [-0.2, -0.15) is 0 Å². The van der Waals surface area contributed by atoms with Gasteiger partial charge in [0.05, 0.1) is 6.33 Å². The number of thioether (sulfide) groups is 1. The van der Waals surface area contributed by atoms with Crippen molar-refractivity contribution in [3.05, 3.63) is 12.2 Å². The molecule has 0 spiro atoms. The smallest absolute Gasteiger partial charge is 0.164 e. The van der Waals surface area contributed by atoms with Gasteiger partial charge in [0.1, 0.15) is 16.4 Å². The van der Waals surface area contributed by atoms with Gasteiger partial charge in [-0.3, -0.25) is 0 Å². The van der Waals surface area contributed by atoms with E-state index in [1.807, 2.05) is 13.3 Å². The number of rotatable bonds is 3. The summed E-state index contributed by atoms with van der Waals surface area (Å²) >= 11 is 1.72. The third-order valence-corrected chi connectivity index (χ3v) is 3.19. The molecular formula is C11H16N4S. The van der Waals surface area contributed by atoms with Crippen molar-refractivity contribution in [2.45, 2.75) is 38.8 Å². The fourth-order valence-corrected chi connectivity index (χ4v) is 2.36. The average molecular weight is 236 g/mol. The largest absolute Gasteiger partial charge is 0.313 e. The molecule has 0 atom stereocenters. The summed E-state index contributed by atoms with van der Waals surface area (Å²) < 4.78 is 2.09. The molecule has 2 aromatic heterocycles. The molecule has 0 bridgehead atoms. The van der Waals surface area contributed by atoms with E-state index in [4.69, 9.17) is 0 Å². The van der Waals surface area contributed by atoms with Crippen LogP contribution in [-0.4, -0.2) is 25.3 Å². The predicted molar refractivity (Wildman–Crippen MR) is 66.8 cm³/mol. The summed E-state index contributed by atoms with van der Waals surface area (Å²) in [4.78, 5) is 13.3. The van der Waals surface area contributed by atoms with Gasteiger partial charge in [-0.05, 0) is 26.5 Å². The number of imidazole rings is 1. The monoisotopic (exact) mass is 236 g/mol. The minimum Gasteiger partial charge on any atom is -0.313 e. The third-order valence-electron chi connectivity index (χ3n) is 2.34. The summed E-state index contributed by atoms with van der Waals surface area (Å²) in [5.74, 6) is 1.81. The number of aromatic nitrogens is 4. The maximum Gasteiger partial charge on any atom is 0.164 e. The normalized spacial score (nSPS) is 11.6. The fraction of sp³-hybridized carbons (Fsp3) is 0.545. The Morgan fingerprint density at radius 3 is 2.75 bits per heavy atom. The molecule has 5 heteroatoms. The maximum absolute atomic E-state index is 4.48. The number of fused-ring (bicyclic) bond motifs is 1. The second kappa shape index (κ2) is 4.41. The maximum atomic E-state index is 4.48. The number of hydrogen-bond donors (Lipinski definition) is 0. The molecule has 4 nitrogen and oxygen atoms in total. The third kappa shape index (κ3) is 1.91. The van der Waals surface area contributed by atoms with Crippen molar-refractivity contribution in [3.8, 4) is 0 Å². The van der Waals surface area contributed by atoms with Crippen molar-refractivity contribution < 1.29 is 0 Å². The van der Waals surface area contributed by atoms with Gasteiger partial charge in [-0.25, -0.2) is 15.0 Å². The summed E-state index contributed by atoms with van der Waals surface area (Å²) in [6.07, 6.45) is 1.85. The molecular weight excluding hydrogens is 220 g/mol. The van der Waals surface area contributed by atoms with Crippen molar-refractivity contribution in [1.29, 1.82) is 0 Å². The molecule has 0 saturated carbocycles. The van der Waals surface area contributed by atoms with Crippen molar-refractivity contribution in [3.63, 3.8) is 0 Å². The number of hydrogen-bond acceptors (Lipinski definition) is 4. The van der Waals surface area contributed by atoms with E-state index in [9.17, 15) is 0 Å². The highest BCUT2D eigenvalue weighted by molar-refractivity contribution is 7.99. The lowest BCUT2D eigenvalue weighted by Gasteiger charge is -2.08. The van der Waals surface area contributed by atoms with Gasteiger partial charge in [-0.15, -0.1) is 11.8 Å². The summed E-state index contributed by atoms with van der Waals surface area (Å²) in [5, 5.41) is 0.990. The summed E-state index contributed by atoms with van der Waals surface area (Å²) in [5.41, 5.74) is 1.87. The van der Waals surface area contributed by atoms with E-state index in [1.165, 1.54) is 0 Å². The Balaban J connectivity index is 2.65. The highest BCUT2D eigenvalue weighted by Crippen LogP contribution is 2.25. The highest BCUT2D eigenvalue weighted by atomic mass is 32.2. The second-order valence-corrected chi connectivity index (χ2v) is 5.18. The summed E-state index contributed by atoms with van der Waals surface area (Å²) in [7, 11) is 0. The van der Waals surface area contributed by atoms with Crippen LogP contribution in [0, 0.1) is 6.92 Å². The lowest BCUT2D eigenvalue weighted by atomic mass is 10.4. The van der Waals surface area contributed by atoms with Crippen molar-refractivity contribution >= 4 is 22.9 Å². The fourth-order valence-electron chi connectivity index (χ4n) is 1.61. The Bertz CT molecular complexity index is 504. The Hall–Kier alpha value is -1.10. The van der Waals surface area contributed by atoms with Crippen molar-refractivity contribution in [2.75, 3.05) is 5.75 Å². The van der Waals surface area contributed by atoms with Crippen LogP contribution in [0.3, 0.4) is 0 Å². The van der Waals surface area contributed by atoms with Crippen molar-refractivity contribution in [1.82, 2.24) is 19.5 Å². The quantitative estimate of drug-likeness (QED) is 0.607. The van der Waals surface area contributed by atoms with Gasteiger partial charge < -0.3 is 4.57 Å². The minimum absolute atomic E-state index is 0.374. The van der Waals surface area contributed by atoms with Crippen LogP contribution in [0.1, 0.15) is 32.6 Å². The van der Waals surface area contributed by atoms with Crippen LogP contribution in [0.15, 0.2) is 11.4 Å². The lowest BCUT2D eigenvalue weighted by molar-refractivity contribution is 0.612. The van der Waals surface area contributed by atoms with Crippen LogP contribution < -0.4 is 0 Å². The molecule has 0 unspecified atom stereocenters. The topological polar surface area (TPSA) is 43.6 Å². The molecule has 0 N–H and O–H groups in total. The molecule has 16 heavy (non-hydrogen) atoms. The Labute approximate surface area is 99.5 Å². The molecule has 0 amide bonds. The number of aryl methyl sites for hydroxylation is 1. The molecule has 0 radical (unpaired) electrons. The highest BCUT2D eigenvalue weighted by Gasteiger charge is 2.12. The zero-order valence-electron chi connectivity index (χ0n) is 10.1. The van der Waals surface area contributed by atoms with Crippen molar-refractivity contribution in [2.24, 2.45) is 0 Å². The molecule has 2 heterocycles. The van der Waals surface area contributed by atoms with Gasteiger partial charge in [0, 0.05) is 6.04 Å². The molecule has 0 aromatic carbocycles. The average Bonchev–Trinajstić information content (AvgIpc) is 2.61. The molecule has 2 aromatic rings. The van der Waals surface area contributed by atoms with Gasteiger partial charge in [-0.1, -0.05) is 6.92 Å². The first-order valence-corrected chi connectivity index (χ1v) is 6.46. The summed E-state index contributed by atoms with van der Waals surface area (Å²) in [6, 6.07) is 0.374. The molecule has 0 fully saturated rings. The van der Waals surface area contributed by atoms with E-state index in [0.29, 0.717) is 6.04 Å². The zero-order chi connectivity index (χ0) is 11.7. The van der Waals surface area contributed by atoms with E-state index < -0.39 is 0 Å². The van der Waals surface area contributed by atoms with Crippen LogP contribution in [0.4, 0.5) is 0 Å². The van der Waals surface area contributed by atoms with Crippen LogP contribution >= 0.6 is 11.8 Å². The first-order valence-electron chi connectivity index (χ1n) is 5.47. The van der Waals surface area contributed by atoms with E-state index >= 15 is 0 Å². The molecule has 0 saturated heterocycles.